The van der Waals surface area contributed by atoms with Gasteiger partial charge in [-0.3, -0.25) is 9.59 Å². The van der Waals surface area contributed by atoms with Crippen LogP contribution in [0.15, 0.2) is 39.9 Å². The van der Waals surface area contributed by atoms with Crippen LogP contribution in [0.2, 0.25) is 0 Å². The summed E-state index contributed by atoms with van der Waals surface area (Å²) < 4.78 is 21.6. The van der Waals surface area contributed by atoms with Gasteiger partial charge in [-0.2, -0.15) is 0 Å². The van der Waals surface area contributed by atoms with Gasteiger partial charge in [0, 0.05) is 20.3 Å². The fourth-order valence-electron chi connectivity index (χ4n) is 2.95. The lowest BCUT2D eigenvalue weighted by molar-refractivity contribution is 0.0962. The molecule has 4 rings (SSSR count). The van der Waals surface area contributed by atoms with Crippen LogP contribution in [0.1, 0.15) is 10.4 Å². The number of hydrogen-bond donors (Lipinski definition) is 2. The third kappa shape index (κ3) is 2.07. The van der Waals surface area contributed by atoms with Crippen LogP contribution >= 0.6 is 0 Å². The highest BCUT2D eigenvalue weighted by Gasteiger charge is 2.21. The van der Waals surface area contributed by atoms with Gasteiger partial charge in [-0.05, 0) is 18.2 Å². The second kappa shape index (κ2) is 5.30. The van der Waals surface area contributed by atoms with E-state index in [2.05, 4.69) is 15.3 Å². The molecule has 7 nitrogen and oxygen atoms in total. The van der Waals surface area contributed by atoms with E-state index in [1.165, 1.54) is 19.5 Å². The molecule has 0 aliphatic heterocycles. The molecule has 1 amide bonds. The lowest BCUT2D eigenvalue weighted by Gasteiger charge is -2.05. The maximum absolute atomic E-state index is 14.7. The first-order valence-corrected chi connectivity index (χ1v) is 7.49. The first kappa shape index (κ1) is 15.1. The Morgan fingerprint density at radius 1 is 1.44 bits per heavy atom. The molecule has 3 aromatic heterocycles. The number of amides is 1. The van der Waals surface area contributed by atoms with E-state index in [0.29, 0.717) is 22.6 Å². The predicted octanol–water partition coefficient (Wildman–Crippen LogP) is 2.17. The van der Waals surface area contributed by atoms with Crippen molar-refractivity contribution in [3.05, 3.63) is 52.3 Å². The number of nitrogens with zero attached hydrogens (tertiary/aromatic N) is 2. The Bertz CT molecular complexity index is 1190. The van der Waals surface area contributed by atoms with Gasteiger partial charge in [-0.1, -0.05) is 0 Å². The Hall–Kier alpha value is -3.42. The second-order valence-corrected chi connectivity index (χ2v) is 5.56. The molecule has 0 bridgehead atoms. The number of H-pyrrole nitrogens is 1. The molecule has 0 aliphatic rings. The molecule has 8 heteroatoms. The summed E-state index contributed by atoms with van der Waals surface area (Å²) in [5.74, 6) is -0.228. The van der Waals surface area contributed by atoms with Crippen LogP contribution in [0.25, 0.3) is 33.5 Å². The average Bonchev–Trinajstić information content (AvgIpc) is 3.23. The van der Waals surface area contributed by atoms with Crippen molar-refractivity contribution >= 4 is 27.8 Å². The fourth-order valence-corrected chi connectivity index (χ4v) is 2.95. The SMILES string of the molecule is CNC(=O)c1c[nH]c2c(cc(F)c3c2nc(-c2ccco2)n3C)c1=O. The number of rotatable bonds is 2. The summed E-state index contributed by atoms with van der Waals surface area (Å²) in [6.07, 6.45) is 2.81. The normalized spacial score (nSPS) is 11.3. The van der Waals surface area contributed by atoms with E-state index in [0.717, 1.165) is 6.07 Å². The van der Waals surface area contributed by atoms with Crippen LogP contribution < -0.4 is 10.7 Å². The van der Waals surface area contributed by atoms with Gasteiger partial charge in [-0.25, -0.2) is 9.37 Å². The minimum absolute atomic E-state index is 0.0650. The fraction of sp³-hybridized carbons (Fsp3) is 0.118. The third-order valence-electron chi connectivity index (χ3n) is 4.16. The summed E-state index contributed by atoms with van der Waals surface area (Å²) in [4.78, 5) is 31.7. The molecular weight excluding hydrogens is 327 g/mol. The lowest BCUT2D eigenvalue weighted by Crippen LogP contribution is -2.25. The van der Waals surface area contributed by atoms with E-state index < -0.39 is 17.2 Å². The molecule has 0 saturated carbocycles. The zero-order valence-electron chi connectivity index (χ0n) is 13.4. The van der Waals surface area contributed by atoms with Gasteiger partial charge >= 0.3 is 0 Å². The number of carbonyl (C=O) groups excluding carboxylic acids is 1. The third-order valence-corrected chi connectivity index (χ3v) is 4.16. The minimum atomic E-state index is -0.602. The molecule has 0 aliphatic carbocycles. The Morgan fingerprint density at radius 2 is 2.24 bits per heavy atom. The van der Waals surface area contributed by atoms with E-state index in [1.54, 1.807) is 23.7 Å². The zero-order valence-corrected chi connectivity index (χ0v) is 13.4. The molecule has 2 N–H and O–H groups in total. The molecule has 4 aromatic rings. The number of imidazole rings is 1. The predicted molar refractivity (Wildman–Crippen MR) is 89.9 cm³/mol. The molecule has 0 saturated heterocycles. The summed E-state index contributed by atoms with van der Waals surface area (Å²) in [5.41, 5.74) is 0.254. The van der Waals surface area contributed by atoms with Gasteiger partial charge in [0.25, 0.3) is 5.91 Å². The van der Waals surface area contributed by atoms with Gasteiger partial charge in [0.2, 0.25) is 5.43 Å². The summed E-state index contributed by atoms with van der Waals surface area (Å²) >= 11 is 0. The summed E-state index contributed by atoms with van der Waals surface area (Å²) in [7, 11) is 3.09. The number of aryl methyl sites for hydroxylation is 1. The summed E-state index contributed by atoms with van der Waals surface area (Å²) in [5, 5.41) is 2.45. The van der Waals surface area contributed by atoms with Gasteiger partial charge in [-0.15, -0.1) is 0 Å². The van der Waals surface area contributed by atoms with Crippen molar-refractivity contribution < 1.29 is 13.6 Å². The Kier molecular flexibility index (Phi) is 3.21. The van der Waals surface area contributed by atoms with E-state index in [4.69, 9.17) is 4.42 Å². The van der Waals surface area contributed by atoms with Crippen LogP contribution in [0.3, 0.4) is 0 Å². The molecule has 0 atom stereocenters. The number of halogens is 1. The van der Waals surface area contributed by atoms with Crippen LogP contribution in [0, 0.1) is 5.82 Å². The van der Waals surface area contributed by atoms with E-state index in [1.807, 2.05) is 0 Å². The van der Waals surface area contributed by atoms with Crippen LogP contribution in [0.4, 0.5) is 4.39 Å². The number of hydrogen-bond acceptors (Lipinski definition) is 4. The molecule has 126 valence electrons. The Balaban J connectivity index is 2.11. The summed E-state index contributed by atoms with van der Waals surface area (Å²) in [6.45, 7) is 0. The number of benzene rings is 1. The molecular formula is C17H13FN4O3. The van der Waals surface area contributed by atoms with Crippen molar-refractivity contribution in [1.82, 2.24) is 19.9 Å². The first-order chi connectivity index (χ1) is 12.0. The van der Waals surface area contributed by atoms with Gasteiger partial charge < -0.3 is 19.3 Å². The van der Waals surface area contributed by atoms with Gasteiger partial charge in [0.1, 0.15) is 22.4 Å². The van der Waals surface area contributed by atoms with E-state index in [9.17, 15) is 14.0 Å². The standard InChI is InChI=1S/C17H13FN4O3/c1-19-17(24)9-7-20-12-8(15(9)23)6-10(18)14-13(12)21-16(22(14)2)11-4-3-5-25-11/h3-7H,1-2H3,(H,19,24)(H,20,23). The van der Waals surface area contributed by atoms with Crippen LogP contribution in [-0.4, -0.2) is 27.5 Å². The van der Waals surface area contributed by atoms with Crippen molar-refractivity contribution in [3.63, 3.8) is 0 Å². The van der Waals surface area contributed by atoms with Crippen molar-refractivity contribution in [2.75, 3.05) is 7.05 Å². The molecule has 0 unspecified atom stereocenters. The van der Waals surface area contributed by atoms with Crippen molar-refractivity contribution in [1.29, 1.82) is 0 Å². The topological polar surface area (TPSA) is 92.9 Å². The number of aromatic amines is 1. The molecule has 1 aromatic carbocycles. The van der Waals surface area contributed by atoms with Crippen LogP contribution in [0.5, 0.6) is 0 Å². The lowest BCUT2D eigenvalue weighted by atomic mass is 10.1. The highest BCUT2D eigenvalue weighted by molar-refractivity contribution is 6.05. The number of fused-ring (bicyclic) bond motifs is 3. The number of pyridine rings is 1. The number of aromatic nitrogens is 3. The minimum Gasteiger partial charge on any atom is -0.461 e. The van der Waals surface area contributed by atoms with Crippen LogP contribution in [-0.2, 0) is 7.05 Å². The summed E-state index contributed by atoms with van der Waals surface area (Å²) in [6, 6.07) is 4.55. The largest absolute Gasteiger partial charge is 0.461 e. The smallest absolute Gasteiger partial charge is 0.256 e. The van der Waals surface area contributed by atoms with E-state index in [-0.39, 0.29) is 16.5 Å². The molecule has 0 radical (unpaired) electrons. The highest BCUT2D eigenvalue weighted by atomic mass is 19.1. The van der Waals surface area contributed by atoms with Crippen molar-refractivity contribution in [2.24, 2.45) is 7.05 Å². The first-order valence-electron chi connectivity index (χ1n) is 7.49. The van der Waals surface area contributed by atoms with Crippen molar-refractivity contribution in [3.8, 4) is 11.6 Å². The number of carbonyl (C=O) groups is 1. The molecule has 25 heavy (non-hydrogen) atoms. The van der Waals surface area contributed by atoms with Gasteiger partial charge in [0.15, 0.2) is 11.6 Å². The Morgan fingerprint density at radius 3 is 2.92 bits per heavy atom. The maximum atomic E-state index is 14.7. The van der Waals surface area contributed by atoms with E-state index >= 15 is 0 Å². The van der Waals surface area contributed by atoms with Crippen molar-refractivity contribution in [2.45, 2.75) is 0 Å². The molecule has 3 heterocycles. The Labute approximate surface area is 140 Å². The van der Waals surface area contributed by atoms with Gasteiger partial charge in [0.05, 0.1) is 17.2 Å². The monoisotopic (exact) mass is 340 g/mol. The number of nitrogens with one attached hydrogen (secondary N) is 2. The number of furan rings is 1. The maximum Gasteiger partial charge on any atom is 0.256 e. The molecule has 0 spiro atoms. The quantitative estimate of drug-likeness (QED) is 0.585. The second-order valence-electron chi connectivity index (χ2n) is 5.56. The highest BCUT2D eigenvalue weighted by Crippen LogP contribution is 2.29. The average molecular weight is 340 g/mol. The molecule has 0 fully saturated rings. The zero-order chi connectivity index (χ0) is 17.7.